The van der Waals surface area contributed by atoms with E-state index in [1.165, 1.54) is 12.1 Å². The average molecular weight is 640 g/mol. The van der Waals surface area contributed by atoms with Crippen molar-refractivity contribution in [1.82, 2.24) is 20.0 Å². The maximum absolute atomic E-state index is 15.6. The third kappa shape index (κ3) is 8.60. The van der Waals surface area contributed by atoms with Crippen LogP contribution in [-0.2, 0) is 20.9 Å². The molecule has 1 saturated carbocycles. The minimum Gasteiger partial charge on any atom is -0.390 e. The van der Waals surface area contributed by atoms with Gasteiger partial charge in [-0.3, -0.25) is 23.9 Å². The maximum Gasteiger partial charge on any atom is 0.245 e. The van der Waals surface area contributed by atoms with Crippen molar-refractivity contribution in [2.45, 2.75) is 110 Å². The number of piperidine rings is 1. The van der Waals surface area contributed by atoms with E-state index in [1.54, 1.807) is 48.7 Å². The molecule has 2 aliphatic rings. The average Bonchev–Trinajstić information content (AvgIpc) is 3.52. The fourth-order valence-corrected chi connectivity index (χ4v) is 6.70. The lowest BCUT2D eigenvalue weighted by molar-refractivity contribution is -0.140. The van der Waals surface area contributed by atoms with E-state index in [2.05, 4.69) is 22.7 Å². The highest BCUT2D eigenvalue weighted by molar-refractivity contribution is 6.00. The molecule has 252 valence electrons. The van der Waals surface area contributed by atoms with Gasteiger partial charge in [-0.1, -0.05) is 39.7 Å². The summed E-state index contributed by atoms with van der Waals surface area (Å²) in [6.07, 6.45) is 6.24. The molecule has 3 amide bonds. The van der Waals surface area contributed by atoms with Gasteiger partial charge in [0.1, 0.15) is 17.6 Å². The second-order valence-electron chi connectivity index (χ2n) is 13.5. The van der Waals surface area contributed by atoms with Crippen molar-refractivity contribution in [3.05, 3.63) is 47.5 Å². The zero-order valence-corrected chi connectivity index (χ0v) is 27.9. The van der Waals surface area contributed by atoms with Gasteiger partial charge in [-0.25, -0.2) is 4.39 Å². The van der Waals surface area contributed by atoms with Crippen molar-refractivity contribution in [2.24, 2.45) is 17.8 Å². The van der Waals surface area contributed by atoms with Crippen molar-refractivity contribution >= 4 is 29.2 Å². The zero-order valence-electron chi connectivity index (χ0n) is 27.9. The van der Waals surface area contributed by atoms with Crippen LogP contribution in [0, 0.1) is 23.6 Å². The molecule has 1 aliphatic carbocycles. The number of aryl methyl sites for hydroxylation is 1. The van der Waals surface area contributed by atoms with Crippen LogP contribution in [0.3, 0.4) is 0 Å². The molecule has 1 aromatic heterocycles. The van der Waals surface area contributed by atoms with Gasteiger partial charge >= 0.3 is 0 Å². The van der Waals surface area contributed by atoms with Crippen LogP contribution in [0.25, 0.3) is 0 Å². The number of halogens is 1. The van der Waals surface area contributed by atoms with Crippen LogP contribution >= 0.6 is 0 Å². The van der Waals surface area contributed by atoms with E-state index in [0.717, 1.165) is 25.7 Å². The monoisotopic (exact) mass is 639 g/mol. The molecule has 4 rings (SSSR count). The molecule has 0 radical (unpaired) electrons. The molecule has 46 heavy (non-hydrogen) atoms. The molecular formula is C35H50FN5O5. The number of aromatic nitrogens is 2. The maximum atomic E-state index is 15.6. The van der Waals surface area contributed by atoms with E-state index in [4.69, 9.17) is 0 Å². The lowest BCUT2D eigenvalue weighted by Crippen LogP contribution is -2.54. The summed E-state index contributed by atoms with van der Waals surface area (Å²) in [4.78, 5) is 54.7. The van der Waals surface area contributed by atoms with Crippen LogP contribution in [0.5, 0.6) is 0 Å². The first-order valence-corrected chi connectivity index (χ1v) is 16.8. The number of rotatable bonds is 12. The Kier molecular flexibility index (Phi) is 11.7. The number of hydrogen-bond donors (Lipinski definition) is 3. The number of benzene rings is 1. The number of nitrogens with one attached hydrogen (secondary N) is 2. The van der Waals surface area contributed by atoms with E-state index >= 15 is 4.39 Å². The SMILES string of the molecule is CCC(=O)N[C@@H](C(=O)N1CCC(C)(O)CC1)[C@@H](C)c1ccc(NC(=O)[C@@H](CC(=O)c2ccnn2CC)C2CCC(C)CC2)c(F)c1. The van der Waals surface area contributed by atoms with Crippen molar-refractivity contribution in [3.8, 4) is 0 Å². The van der Waals surface area contributed by atoms with Crippen LogP contribution in [0.1, 0.15) is 108 Å². The van der Waals surface area contributed by atoms with Gasteiger partial charge in [-0.2, -0.15) is 5.10 Å². The predicted molar refractivity (Wildman–Crippen MR) is 174 cm³/mol. The standard InChI is InChI=1S/C35H50FN5O5/c1-6-31(43)39-32(34(45)40-18-15-35(5,46)16-19-40)23(4)25-12-13-28(27(36)20-25)38-33(44)26(24-10-8-22(3)9-11-24)21-30(42)29-14-17-37-41(29)7-2/h12-14,17,20,22-24,26,32,46H,6-11,15-16,18-19,21H2,1-5H3,(H,38,44)(H,39,43)/t22?,23-,24?,26-,32+/m0/s1. The quantitative estimate of drug-likeness (QED) is 0.278. The topological polar surface area (TPSA) is 134 Å². The lowest BCUT2D eigenvalue weighted by atomic mass is 9.74. The number of amides is 3. The van der Waals surface area contributed by atoms with E-state index in [9.17, 15) is 24.3 Å². The molecule has 2 heterocycles. The Morgan fingerprint density at radius 1 is 1.09 bits per heavy atom. The number of carbonyl (C=O) groups is 4. The first-order valence-electron chi connectivity index (χ1n) is 16.8. The van der Waals surface area contributed by atoms with Gasteiger partial charge in [-0.15, -0.1) is 0 Å². The fourth-order valence-electron chi connectivity index (χ4n) is 6.70. The van der Waals surface area contributed by atoms with Crippen molar-refractivity contribution in [3.63, 3.8) is 0 Å². The predicted octanol–water partition coefficient (Wildman–Crippen LogP) is 5.07. The normalized spacial score (nSPS) is 21.6. The number of aliphatic hydroxyl groups is 1. The third-order valence-electron chi connectivity index (χ3n) is 10.0. The molecule has 10 nitrogen and oxygen atoms in total. The molecule has 1 aromatic carbocycles. The van der Waals surface area contributed by atoms with Gasteiger partial charge in [0.05, 0.1) is 11.3 Å². The summed E-state index contributed by atoms with van der Waals surface area (Å²) in [5.41, 5.74) is 0.117. The summed E-state index contributed by atoms with van der Waals surface area (Å²) in [6.45, 7) is 10.6. The van der Waals surface area contributed by atoms with Crippen LogP contribution in [0.4, 0.5) is 10.1 Å². The molecule has 3 N–H and O–H groups in total. The van der Waals surface area contributed by atoms with Crippen LogP contribution in [-0.4, -0.2) is 68.0 Å². The van der Waals surface area contributed by atoms with Crippen molar-refractivity contribution < 1.29 is 28.7 Å². The summed E-state index contributed by atoms with van der Waals surface area (Å²) in [5.74, 6) is -2.40. The largest absolute Gasteiger partial charge is 0.390 e. The summed E-state index contributed by atoms with van der Waals surface area (Å²) in [6, 6.07) is 5.18. The second kappa shape index (κ2) is 15.3. The first kappa shape index (κ1) is 35.3. The summed E-state index contributed by atoms with van der Waals surface area (Å²) < 4.78 is 17.3. The van der Waals surface area contributed by atoms with Crippen LogP contribution in [0.15, 0.2) is 30.5 Å². The highest BCUT2D eigenvalue weighted by Crippen LogP contribution is 2.36. The van der Waals surface area contributed by atoms with Crippen LogP contribution < -0.4 is 10.6 Å². The molecule has 11 heteroatoms. The molecule has 1 aliphatic heterocycles. The fraction of sp³-hybridized carbons (Fsp3) is 0.629. The van der Waals surface area contributed by atoms with Crippen LogP contribution in [0.2, 0.25) is 0 Å². The Morgan fingerprint density at radius 3 is 2.37 bits per heavy atom. The zero-order chi connectivity index (χ0) is 33.6. The number of likely N-dealkylation sites (tertiary alicyclic amines) is 1. The Balaban J connectivity index is 1.52. The van der Waals surface area contributed by atoms with E-state index in [0.29, 0.717) is 49.7 Å². The van der Waals surface area contributed by atoms with E-state index in [-0.39, 0.29) is 48.0 Å². The molecule has 1 saturated heterocycles. The Morgan fingerprint density at radius 2 is 1.76 bits per heavy atom. The molecular weight excluding hydrogens is 589 g/mol. The van der Waals surface area contributed by atoms with Gasteiger partial charge in [0.2, 0.25) is 17.7 Å². The number of carbonyl (C=O) groups excluding carboxylic acids is 4. The third-order valence-corrected chi connectivity index (χ3v) is 10.0. The minimum atomic E-state index is -0.920. The smallest absolute Gasteiger partial charge is 0.245 e. The van der Waals surface area contributed by atoms with Gasteiger partial charge in [-0.05, 0) is 75.1 Å². The van der Waals surface area contributed by atoms with Gasteiger partial charge in [0, 0.05) is 50.5 Å². The van der Waals surface area contributed by atoms with Gasteiger partial charge < -0.3 is 20.6 Å². The number of hydrogen-bond acceptors (Lipinski definition) is 6. The Bertz CT molecular complexity index is 1390. The molecule has 0 bridgehead atoms. The highest BCUT2D eigenvalue weighted by atomic mass is 19.1. The number of anilines is 1. The molecule has 2 fully saturated rings. The highest BCUT2D eigenvalue weighted by Gasteiger charge is 2.37. The number of Topliss-reactive ketones (excluding diaryl/α,β-unsaturated/α-hetero) is 1. The van der Waals surface area contributed by atoms with Crippen molar-refractivity contribution in [1.29, 1.82) is 0 Å². The summed E-state index contributed by atoms with van der Waals surface area (Å²) in [7, 11) is 0. The molecule has 0 spiro atoms. The molecule has 2 aromatic rings. The molecule has 3 atom stereocenters. The minimum absolute atomic E-state index is 0.0000845. The summed E-state index contributed by atoms with van der Waals surface area (Å²) in [5, 5.41) is 20.1. The summed E-state index contributed by atoms with van der Waals surface area (Å²) >= 11 is 0. The second-order valence-corrected chi connectivity index (χ2v) is 13.5. The van der Waals surface area contributed by atoms with E-state index in [1.807, 2.05) is 6.92 Å². The van der Waals surface area contributed by atoms with Gasteiger partial charge in [0.25, 0.3) is 0 Å². The van der Waals surface area contributed by atoms with Gasteiger partial charge in [0.15, 0.2) is 5.78 Å². The number of ketones is 1. The number of nitrogens with zero attached hydrogens (tertiary/aromatic N) is 3. The first-order chi connectivity index (χ1) is 21.8. The van der Waals surface area contributed by atoms with E-state index < -0.39 is 29.3 Å². The van der Waals surface area contributed by atoms with Crippen molar-refractivity contribution in [2.75, 3.05) is 18.4 Å². The lowest BCUT2D eigenvalue weighted by Gasteiger charge is -2.38. The Hall–Kier alpha value is -3.60. The Labute approximate surface area is 271 Å². The molecule has 0 unspecified atom stereocenters.